The highest BCUT2D eigenvalue weighted by atomic mass is 14.8. The molecule has 0 saturated carbocycles. The Kier molecular flexibility index (Phi) is 12.5. The molecule has 0 bridgehead atoms. The third kappa shape index (κ3) is 8.69. The first-order chi connectivity index (χ1) is 14.9. The van der Waals surface area contributed by atoms with Crippen molar-refractivity contribution in [2.45, 2.75) is 47.5 Å². The van der Waals surface area contributed by atoms with Crippen molar-refractivity contribution >= 4 is 0 Å². The Morgan fingerprint density at radius 2 is 1.06 bits per heavy atom. The van der Waals surface area contributed by atoms with E-state index in [9.17, 15) is 0 Å². The minimum absolute atomic E-state index is 0.288. The van der Waals surface area contributed by atoms with Gasteiger partial charge in [0, 0.05) is 5.92 Å². The molecule has 0 radical (unpaired) electrons. The van der Waals surface area contributed by atoms with Crippen molar-refractivity contribution in [3.63, 3.8) is 0 Å². The highest BCUT2D eigenvalue weighted by molar-refractivity contribution is 5.50. The fourth-order valence-corrected chi connectivity index (χ4v) is 3.56. The number of rotatable bonds is 5. The molecular weight excluding hydrogens is 376 g/mol. The standard InChI is InChI=1S/C23H24.C4H11N.C2H7N/c1-16-10-12-18(3)21(14-16)23(20-8-6-5-7-9-20)22-15-17(2)11-13-19(22)4;1-3-5-4-2;1-3-2/h5-15,23H,1-4H3;5H,3-4H2,1-2H3;3H,1-2H3. The van der Waals surface area contributed by atoms with E-state index in [1.807, 2.05) is 14.1 Å². The predicted molar refractivity (Wildman–Crippen MR) is 138 cm³/mol. The van der Waals surface area contributed by atoms with E-state index in [-0.39, 0.29) is 5.92 Å². The molecule has 2 nitrogen and oxygen atoms in total. The van der Waals surface area contributed by atoms with Crippen LogP contribution < -0.4 is 10.6 Å². The summed E-state index contributed by atoms with van der Waals surface area (Å²) in [5.41, 5.74) is 9.51. The summed E-state index contributed by atoms with van der Waals surface area (Å²) in [7, 11) is 3.75. The monoisotopic (exact) mass is 418 g/mol. The van der Waals surface area contributed by atoms with Crippen molar-refractivity contribution in [2.75, 3.05) is 27.2 Å². The van der Waals surface area contributed by atoms with E-state index in [0.717, 1.165) is 13.1 Å². The Labute approximate surface area is 191 Å². The van der Waals surface area contributed by atoms with Crippen LogP contribution in [0.5, 0.6) is 0 Å². The molecule has 0 fully saturated rings. The van der Waals surface area contributed by atoms with Gasteiger partial charge >= 0.3 is 0 Å². The summed E-state index contributed by atoms with van der Waals surface area (Å²) >= 11 is 0. The molecule has 168 valence electrons. The average molecular weight is 419 g/mol. The minimum atomic E-state index is 0.288. The Morgan fingerprint density at radius 1 is 0.645 bits per heavy atom. The molecule has 0 aromatic heterocycles. The van der Waals surface area contributed by atoms with Crippen LogP contribution in [-0.4, -0.2) is 27.2 Å². The highest BCUT2D eigenvalue weighted by Gasteiger charge is 2.20. The number of nitrogens with one attached hydrogen (secondary N) is 2. The molecule has 3 aromatic rings. The lowest BCUT2D eigenvalue weighted by Gasteiger charge is -2.23. The lowest BCUT2D eigenvalue weighted by Crippen LogP contribution is -2.09. The molecule has 0 unspecified atom stereocenters. The van der Waals surface area contributed by atoms with Crippen LogP contribution in [0.2, 0.25) is 0 Å². The molecule has 31 heavy (non-hydrogen) atoms. The highest BCUT2D eigenvalue weighted by Crippen LogP contribution is 2.36. The molecule has 2 heteroatoms. The van der Waals surface area contributed by atoms with E-state index < -0.39 is 0 Å². The van der Waals surface area contributed by atoms with E-state index in [2.05, 4.69) is 119 Å². The van der Waals surface area contributed by atoms with E-state index >= 15 is 0 Å². The van der Waals surface area contributed by atoms with Crippen molar-refractivity contribution in [3.05, 3.63) is 106 Å². The number of aryl methyl sites for hydroxylation is 4. The van der Waals surface area contributed by atoms with Crippen LogP contribution in [0.15, 0.2) is 66.7 Å². The second-order valence-corrected chi connectivity index (χ2v) is 8.02. The molecular formula is C29H42N2. The Bertz CT molecular complexity index is 831. The third-order valence-electron chi connectivity index (χ3n) is 5.12. The number of hydrogen-bond donors (Lipinski definition) is 2. The van der Waals surface area contributed by atoms with Gasteiger partial charge in [-0.1, -0.05) is 91.7 Å². The first kappa shape index (κ1) is 26.6. The quantitative estimate of drug-likeness (QED) is 0.459. The maximum atomic E-state index is 3.11. The van der Waals surface area contributed by atoms with Gasteiger partial charge < -0.3 is 10.6 Å². The van der Waals surface area contributed by atoms with Crippen LogP contribution in [0.3, 0.4) is 0 Å². The van der Waals surface area contributed by atoms with E-state index in [4.69, 9.17) is 0 Å². The smallest absolute Gasteiger partial charge is 0.0345 e. The molecule has 3 aromatic carbocycles. The molecule has 0 atom stereocenters. The van der Waals surface area contributed by atoms with Crippen LogP contribution in [0.4, 0.5) is 0 Å². The van der Waals surface area contributed by atoms with E-state index in [1.165, 1.54) is 38.9 Å². The van der Waals surface area contributed by atoms with Gasteiger partial charge in [0.15, 0.2) is 0 Å². The third-order valence-corrected chi connectivity index (χ3v) is 5.12. The van der Waals surface area contributed by atoms with Crippen molar-refractivity contribution in [3.8, 4) is 0 Å². The summed E-state index contributed by atoms with van der Waals surface area (Å²) in [5.74, 6) is 0.288. The van der Waals surface area contributed by atoms with Crippen molar-refractivity contribution in [1.29, 1.82) is 0 Å². The molecule has 3 rings (SSSR count). The van der Waals surface area contributed by atoms with Gasteiger partial charge in [-0.3, -0.25) is 0 Å². The van der Waals surface area contributed by atoms with E-state index in [1.54, 1.807) is 0 Å². The first-order valence-corrected chi connectivity index (χ1v) is 11.4. The maximum Gasteiger partial charge on any atom is 0.0345 e. The SMILES string of the molecule is CCNCC.CNC.Cc1ccc(C)c(C(c2ccccc2)c2cc(C)ccc2C)c1. The summed E-state index contributed by atoms with van der Waals surface area (Å²) in [6.45, 7) is 15.2. The Morgan fingerprint density at radius 3 is 1.42 bits per heavy atom. The maximum absolute atomic E-state index is 3.11. The molecule has 0 saturated heterocycles. The largest absolute Gasteiger partial charge is 0.323 e. The second-order valence-electron chi connectivity index (χ2n) is 8.02. The summed E-state index contributed by atoms with van der Waals surface area (Å²) in [4.78, 5) is 0. The van der Waals surface area contributed by atoms with Crippen molar-refractivity contribution in [2.24, 2.45) is 0 Å². The number of hydrogen-bond acceptors (Lipinski definition) is 2. The minimum Gasteiger partial charge on any atom is -0.323 e. The summed E-state index contributed by atoms with van der Waals surface area (Å²) < 4.78 is 0. The molecule has 2 N–H and O–H groups in total. The first-order valence-electron chi connectivity index (χ1n) is 11.4. The summed E-state index contributed by atoms with van der Waals surface area (Å²) in [5, 5.41) is 5.86. The topological polar surface area (TPSA) is 24.1 Å². The molecule has 0 heterocycles. The molecule has 0 aliphatic rings. The molecule has 0 aliphatic heterocycles. The van der Waals surface area contributed by atoms with Gasteiger partial charge in [0.2, 0.25) is 0 Å². The lowest BCUT2D eigenvalue weighted by molar-refractivity contribution is 0.762. The van der Waals surface area contributed by atoms with Gasteiger partial charge in [0.05, 0.1) is 0 Å². The van der Waals surface area contributed by atoms with E-state index in [0.29, 0.717) is 0 Å². The van der Waals surface area contributed by atoms with Crippen LogP contribution in [0.25, 0.3) is 0 Å². The van der Waals surface area contributed by atoms with Gasteiger partial charge in [0.1, 0.15) is 0 Å². The van der Waals surface area contributed by atoms with Crippen LogP contribution in [0.1, 0.15) is 58.7 Å². The Hall–Kier alpha value is -2.42. The van der Waals surface area contributed by atoms with Gasteiger partial charge in [-0.05, 0) is 82.7 Å². The van der Waals surface area contributed by atoms with Gasteiger partial charge in [-0.15, -0.1) is 0 Å². The normalized spacial score (nSPS) is 10.1. The zero-order valence-electron chi connectivity index (χ0n) is 20.8. The van der Waals surface area contributed by atoms with Crippen LogP contribution >= 0.6 is 0 Å². The van der Waals surface area contributed by atoms with Crippen LogP contribution in [0, 0.1) is 27.7 Å². The van der Waals surface area contributed by atoms with Gasteiger partial charge in [-0.2, -0.15) is 0 Å². The zero-order valence-corrected chi connectivity index (χ0v) is 20.8. The lowest BCUT2D eigenvalue weighted by atomic mass is 9.80. The van der Waals surface area contributed by atoms with Crippen LogP contribution in [-0.2, 0) is 0 Å². The number of benzene rings is 3. The summed E-state index contributed by atoms with van der Waals surface area (Å²) in [6.07, 6.45) is 0. The summed E-state index contributed by atoms with van der Waals surface area (Å²) in [6, 6.07) is 24.4. The Balaban J connectivity index is 0.000000519. The molecule has 0 amide bonds. The molecule has 0 aliphatic carbocycles. The predicted octanol–water partition coefficient (Wildman–Crippen LogP) is 6.55. The van der Waals surface area contributed by atoms with Crippen molar-refractivity contribution in [1.82, 2.24) is 10.6 Å². The second kappa shape index (κ2) is 14.6. The fraction of sp³-hybridized carbons (Fsp3) is 0.379. The molecule has 0 spiro atoms. The zero-order chi connectivity index (χ0) is 23.2. The van der Waals surface area contributed by atoms with Gasteiger partial charge in [0.25, 0.3) is 0 Å². The average Bonchev–Trinajstić information content (AvgIpc) is 2.76. The van der Waals surface area contributed by atoms with Crippen molar-refractivity contribution < 1.29 is 0 Å². The fourth-order valence-electron chi connectivity index (χ4n) is 3.56. The van der Waals surface area contributed by atoms with Gasteiger partial charge in [-0.25, -0.2) is 0 Å².